The Bertz CT molecular complexity index is 1330. The number of aliphatic carboxylic acids is 1. The van der Waals surface area contributed by atoms with Crippen molar-refractivity contribution in [2.75, 3.05) is 19.1 Å². The molecule has 0 bridgehead atoms. The van der Waals surface area contributed by atoms with Crippen LogP contribution in [0.25, 0.3) is 0 Å². The van der Waals surface area contributed by atoms with Crippen LogP contribution in [-0.2, 0) is 14.4 Å². The smallest absolute Gasteiger partial charge is 0.324 e. The Kier molecular flexibility index (Phi) is 7.70. The number of rotatable bonds is 7. The van der Waals surface area contributed by atoms with Gasteiger partial charge in [0, 0.05) is 11.1 Å². The van der Waals surface area contributed by atoms with Crippen LogP contribution in [0.4, 0.5) is 5.69 Å². The highest BCUT2D eigenvalue weighted by atomic mass is 79.9. The number of anilines is 1. The van der Waals surface area contributed by atoms with E-state index < -0.39 is 41.2 Å². The van der Waals surface area contributed by atoms with Crippen LogP contribution in [0.1, 0.15) is 55.7 Å². The number of hydrogen-bond donors (Lipinski definition) is 2. The molecule has 208 valence electrons. The Balaban J connectivity index is 1.65. The number of fused-ring (bicyclic) bond motifs is 1. The SMILES string of the molecule is COc1cc(C2NC(CC3CCCCC3)(C(=O)O)C3C(=O)N(c4ccc(C)c(Cl)c4)C(=O)C23)cc(Br)c1OC. The van der Waals surface area contributed by atoms with Gasteiger partial charge in [-0.15, -0.1) is 0 Å². The number of ether oxygens (including phenoxy) is 2. The molecule has 0 radical (unpaired) electrons. The Labute approximate surface area is 241 Å². The summed E-state index contributed by atoms with van der Waals surface area (Å²) < 4.78 is 11.6. The van der Waals surface area contributed by atoms with E-state index in [0.717, 1.165) is 42.6 Å². The lowest BCUT2D eigenvalue weighted by atomic mass is 9.72. The molecule has 2 heterocycles. The van der Waals surface area contributed by atoms with Crippen LogP contribution >= 0.6 is 27.5 Å². The van der Waals surface area contributed by atoms with Crippen LogP contribution in [0.15, 0.2) is 34.8 Å². The fraction of sp³-hybridized carbons (Fsp3) is 0.483. The molecule has 8 nitrogen and oxygen atoms in total. The number of nitrogens with one attached hydrogen (secondary N) is 1. The van der Waals surface area contributed by atoms with Crippen molar-refractivity contribution in [2.24, 2.45) is 17.8 Å². The summed E-state index contributed by atoms with van der Waals surface area (Å²) in [6.45, 7) is 1.84. The first kappa shape index (κ1) is 27.9. The van der Waals surface area contributed by atoms with Gasteiger partial charge in [0.05, 0.1) is 36.2 Å². The second kappa shape index (κ2) is 10.7. The summed E-state index contributed by atoms with van der Waals surface area (Å²) in [4.78, 5) is 42.5. The molecule has 10 heteroatoms. The minimum absolute atomic E-state index is 0.143. The lowest BCUT2D eigenvalue weighted by molar-refractivity contribution is -0.150. The Morgan fingerprint density at radius 1 is 1.13 bits per heavy atom. The van der Waals surface area contributed by atoms with Gasteiger partial charge in [-0.25, -0.2) is 4.90 Å². The maximum atomic E-state index is 14.1. The number of imide groups is 1. The van der Waals surface area contributed by atoms with E-state index in [1.807, 2.05) is 6.92 Å². The summed E-state index contributed by atoms with van der Waals surface area (Å²) in [6, 6.07) is 7.80. The van der Waals surface area contributed by atoms with Gasteiger partial charge in [-0.1, -0.05) is 49.8 Å². The van der Waals surface area contributed by atoms with E-state index >= 15 is 0 Å². The number of halogens is 2. The standard InChI is InChI=1S/C29H32BrClN2O6/c1-15-9-10-18(13-20(15)31)33-26(34)22-23(27(33)35)29(28(36)37,14-16-7-5-4-6-8-16)32-24(22)17-11-19(30)25(39-3)21(12-17)38-2/h9-13,16,22-24,32H,4-8,14H2,1-3H3,(H,36,37). The Hall–Kier alpha value is -2.62. The van der Waals surface area contributed by atoms with Gasteiger partial charge in [-0.3, -0.25) is 19.7 Å². The predicted octanol–water partition coefficient (Wildman–Crippen LogP) is 5.67. The number of carbonyl (C=O) groups is 3. The van der Waals surface area contributed by atoms with E-state index in [4.69, 9.17) is 21.1 Å². The molecule has 2 amide bonds. The molecule has 2 N–H and O–H groups in total. The molecule has 1 saturated carbocycles. The molecule has 2 saturated heterocycles. The zero-order valence-electron chi connectivity index (χ0n) is 22.1. The number of methoxy groups -OCH3 is 2. The molecule has 4 unspecified atom stereocenters. The summed E-state index contributed by atoms with van der Waals surface area (Å²) in [5.74, 6) is -3.03. The van der Waals surface area contributed by atoms with Crippen molar-refractivity contribution in [3.63, 3.8) is 0 Å². The highest BCUT2D eigenvalue weighted by Crippen LogP contribution is 2.54. The number of amides is 2. The lowest BCUT2D eigenvalue weighted by Gasteiger charge is -2.35. The molecule has 0 spiro atoms. The topological polar surface area (TPSA) is 105 Å². The first-order valence-corrected chi connectivity index (χ1v) is 14.4. The van der Waals surface area contributed by atoms with Crippen molar-refractivity contribution in [2.45, 2.75) is 57.0 Å². The zero-order chi connectivity index (χ0) is 28.1. The van der Waals surface area contributed by atoms with Crippen LogP contribution in [0, 0.1) is 24.7 Å². The molecule has 4 atom stereocenters. The number of hydrogen-bond acceptors (Lipinski definition) is 6. The van der Waals surface area contributed by atoms with E-state index in [2.05, 4.69) is 21.2 Å². The van der Waals surface area contributed by atoms with Crippen molar-refractivity contribution in [3.05, 3.63) is 51.0 Å². The minimum Gasteiger partial charge on any atom is -0.493 e. The van der Waals surface area contributed by atoms with Gasteiger partial charge in [-0.05, 0) is 70.6 Å². The van der Waals surface area contributed by atoms with Gasteiger partial charge in [-0.2, -0.15) is 0 Å². The second-order valence-electron chi connectivity index (χ2n) is 10.8. The van der Waals surface area contributed by atoms with Crippen LogP contribution in [0.3, 0.4) is 0 Å². The second-order valence-corrected chi connectivity index (χ2v) is 12.1. The van der Waals surface area contributed by atoms with Gasteiger partial charge in [0.15, 0.2) is 11.5 Å². The number of carbonyl (C=O) groups excluding carboxylic acids is 2. The van der Waals surface area contributed by atoms with E-state index in [1.165, 1.54) is 14.2 Å². The van der Waals surface area contributed by atoms with Gasteiger partial charge >= 0.3 is 5.97 Å². The zero-order valence-corrected chi connectivity index (χ0v) is 24.5. The maximum Gasteiger partial charge on any atom is 0.324 e. The third-order valence-electron chi connectivity index (χ3n) is 8.60. The van der Waals surface area contributed by atoms with E-state index in [-0.39, 0.29) is 12.3 Å². The number of nitrogens with zero attached hydrogens (tertiary/aromatic N) is 1. The van der Waals surface area contributed by atoms with Crippen molar-refractivity contribution >= 4 is 51.0 Å². The molecule has 0 aromatic heterocycles. The first-order chi connectivity index (χ1) is 18.6. The van der Waals surface area contributed by atoms with Crippen molar-refractivity contribution in [1.29, 1.82) is 0 Å². The molecule has 2 aromatic rings. The largest absolute Gasteiger partial charge is 0.493 e. The monoisotopic (exact) mass is 618 g/mol. The van der Waals surface area contributed by atoms with Gasteiger partial charge < -0.3 is 14.6 Å². The van der Waals surface area contributed by atoms with Gasteiger partial charge in [0.1, 0.15) is 5.54 Å². The molecular formula is C29H32BrClN2O6. The molecule has 2 aromatic carbocycles. The van der Waals surface area contributed by atoms with Crippen molar-refractivity contribution < 1.29 is 29.0 Å². The highest BCUT2D eigenvalue weighted by Gasteiger charge is 2.69. The fourth-order valence-corrected chi connectivity index (χ4v) is 7.50. The molecule has 39 heavy (non-hydrogen) atoms. The summed E-state index contributed by atoms with van der Waals surface area (Å²) in [7, 11) is 3.03. The van der Waals surface area contributed by atoms with E-state index in [9.17, 15) is 19.5 Å². The average Bonchev–Trinajstić information content (AvgIpc) is 3.39. The molecule has 3 aliphatic rings. The molecule has 1 aliphatic carbocycles. The van der Waals surface area contributed by atoms with Crippen LogP contribution < -0.4 is 19.7 Å². The van der Waals surface area contributed by atoms with Crippen LogP contribution in [-0.4, -0.2) is 42.6 Å². The molecule has 5 rings (SSSR count). The third-order valence-corrected chi connectivity index (χ3v) is 9.60. The maximum absolute atomic E-state index is 14.1. The summed E-state index contributed by atoms with van der Waals surface area (Å²) in [5, 5.41) is 14.5. The average molecular weight is 620 g/mol. The number of benzene rings is 2. The van der Waals surface area contributed by atoms with Crippen LogP contribution in [0.5, 0.6) is 11.5 Å². The molecule has 2 aliphatic heterocycles. The van der Waals surface area contributed by atoms with E-state index in [1.54, 1.807) is 30.3 Å². The summed E-state index contributed by atoms with van der Waals surface area (Å²) in [5.41, 5.74) is 0.185. The number of carboxylic acids is 1. The normalized spacial score (nSPS) is 27.1. The molecule has 3 fully saturated rings. The summed E-state index contributed by atoms with van der Waals surface area (Å²) in [6.07, 6.45) is 5.26. The minimum atomic E-state index is -1.60. The predicted molar refractivity (Wildman–Crippen MR) is 150 cm³/mol. The number of aryl methyl sites for hydroxylation is 1. The number of carboxylic acid groups (broad SMARTS) is 1. The van der Waals surface area contributed by atoms with Crippen molar-refractivity contribution in [1.82, 2.24) is 5.32 Å². The Morgan fingerprint density at radius 2 is 1.85 bits per heavy atom. The Morgan fingerprint density at radius 3 is 2.46 bits per heavy atom. The highest BCUT2D eigenvalue weighted by molar-refractivity contribution is 9.10. The first-order valence-electron chi connectivity index (χ1n) is 13.2. The fourth-order valence-electron chi connectivity index (χ4n) is 6.70. The molecular weight excluding hydrogens is 588 g/mol. The van der Waals surface area contributed by atoms with Gasteiger partial charge in [0.25, 0.3) is 0 Å². The lowest BCUT2D eigenvalue weighted by Crippen LogP contribution is -2.57. The van der Waals surface area contributed by atoms with Gasteiger partial charge in [0.2, 0.25) is 11.8 Å². The third kappa shape index (κ3) is 4.62. The van der Waals surface area contributed by atoms with E-state index in [0.29, 0.717) is 32.2 Å². The van der Waals surface area contributed by atoms with Crippen LogP contribution in [0.2, 0.25) is 5.02 Å². The van der Waals surface area contributed by atoms with Crippen molar-refractivity contribution in [3.8, 4) is 11.5 Å². The quantitative estimate of drug-likeness (QED) is 0.385. The summed E-state index contributed by atoms with van der Waals surface area (Å²) >= 11 is 9.88.